The Labute approximate surface area is 113 Å². The first-order valence-corrected chi connectivity index (χ1v) is 6.63. The molecule has 1 aromatic rings. The third-order valence-corrected chi connectivity index (χ3v) is 3.75. The van der Waals surface area contributed by atoms with Gasteiger partial charge in [-0.1, -0.05) is 19.1 Å². The van der Waals surface area contributed by atoms with Gasteiger partial charge in [-0.15, -0.1) is 0 Å². The van der Waals surface area contributed by atoms with Crippen LogP contribution in [-0.2, 0) is 9.59 Å². The molecule has 4 nitrogen and oxygen atoms in total. The van der Waals surface area contributed by atoms with Crippen molar-refractivity contribution in [2.45, 2.75) is 27.2 Å². The number of aryl methyl sites for hydroxylation is 1. The molecular weight excluding hydrogens is 240 g/mol. The van der Waals surface area contributed by atoms with Gasteiger partial charge in [0.05, 0.1) is 6.54 Å². The lowest BCUT2D eigenvalue weighted by Crippen LogP contribution is -2.34. The highest BCUT2D eigenvalue weighted by Crippen LogP contribution is 2.37. The first-order chi connectivity index (χ1) is 8.99. The first kappa shape index (κ1) is 13.6. The fourth-order valence-electron chi connectivity index (χ4n) is 2.07. The van der Waals surface area contributed by atoms with E-state index in [1.807, 2.05) is 39.0 Å². The van der Waals surface area contributed by atoms with Crippen LogP contribution in [0, 0.1) is 25.7 Å². The summed E-state index contributed by atoms with van der Waals surface area (Å²) in [4.78, 5) is 23.4. The molecule has 102 valence electrons. The predicted octanol–water partition coefficient (Wildman–Crippen LogP) is 2.01. The van der Waals surface area contributed by atoms with Crippen molar-refractivity contribution in [2.75, 3.05) is 11.9 Å². The number of benzene rings is 1. The number of rotatable bonds is 4. The topological polar surface area (TPSA) is 58.2 Å². The summed E-state index contributed by atoms with van der Waals surface area (Å²) in [5.74, 6) is 0.370. The van der Waals surface area contributed by atoms with Gasteiger partial charge in [0.25, 0.3) is 0 Å². The van der Waals surface area contributed by atoms with Crippen LogP contribution >= 0.6 is 0 Å². The van der Waals surface area contributed by atoms with Crippen LogP contribution in [0.3, 0.4) is 0 Å². The lowest BCUT2D eigenvalue weighted by atomic mass is 10.1. The highest BCUT2D eigenvalue weighted by molar-refractivity contribution is 5.95. The zero-order chi connectivity index (χ0) is 14.0. The molecule has 1 aliphatic rings. The second-order valence-electron chi connectivity index (χ2n) is 5.33. The van der Waals surface area contributed by atoms with Gasteiger partial charge in [0.15, 0.2) is 0 Å². The third-order valence-electron chi connectivity index (χ3n) is 3.75. The van der Waals surface area contributed by atoms with Crippen LogP contribution in [-0.4, -0.2) is 18.4 Å². The Hall–Kier alpha value is -1.84. The van der Waals surface area contributed by atoms with E-state index in [0.29, 0.717) is 5.92 Å². The summed E-state index contributed by atoms with van der Waals surface area (Å²) >= 11 is 0. The highest BCUT2D eigenvalue weighted by Gasteiger charge is 2.38. The lowest BCUT2D eigenvalue weighted by molar-refractivity contribution is -0.125. The molecule has 1 aliphatic carbocycles. The number of nitrogens with one attached hydrogen (secondary N) is 2. The molecule has 2 unspecified atom stereocenters. The molecular formula is C15H20N2O2. The Morgan fingerprint density at radius 3 is 2.63 bits per heavy atom. The molecule has 2 rings (SSSR count). The van der Waals surface area contributed by atoms with Crippen molar-refractivity contribution in [3.8, 4) is 0 Å². The number of carbonyl (C=O) groups excluding carboxylic acids is 2. The van der Waals surface area contributed by atoms with Crippen molar-refractivity contribution in [3.05, 3.63) is 29.3 Å². The molecule has 4 heteroatoms. The molecule has 0 heterocycles. The minimum absolute atomic E-state index is 0.0105. The van der Waals surface area contributed by atoms with E-state index in [-0.39, 0.29) is 24.3 Å². The van der Waals surface area contributed by atoms with Gasteiger partial charge in [0.2, 0.25) is 11.8 Å². The maximum absolute atomic E-state index is 11.8. The Morgan fingerprint density at radius 1 is 1.32 bits per heavy atom. The summed E-state index contributed by atoms with van der Waals surface area (Å²) in [6.07, 6.45) is 0.935. The molecule has 19 heavy (non-hydrogen) atoms. The Morgan fingerprint density at radius 2 is 2.00 bits per heavy atom. The molecule has 0 aromatic heterocycles. The Kier molecular flexibility index (Phi) is 3.88. The van der Waals surface area contributed by atoms with E-state index in [1.165, 1.54) is 0 Å². The van der Waals surface area contributed by atoms with Gasteiger partial charge in [-0.2, -0.15) is 0 Å². The molecule has 2 amide bonds. The Bertz CT molecular complexity index is 511. The van der Waals surface area contributed by atoms with Crippen molar-refractivity contribution in [3.63, 3.8) is 0 Å². The predicted molar refractivity (Wildman–Crippen MR) is 74.8 cm³/mol. The van der Waals surface area contributed by atoms with Crippen molar-refractivity contribution in [1.29, 1.82) is 0 Å². The van der Waals surface area contributed by atoms with Gasteiger partial charge in [-0.3, -0.25) is 9.59 Å². The van der Waals surface area contributed by atoms with Gasteiger partial charge >= 0.3 is 0 Å². The van der Waals surface area contributed by atoms with Crippen LogP contribution in [0.1, 0.15) is 24.5 Å². The van der Waals surface area contributed by atoms with Gasteiger partial charge in [0, 0.05) is 11.6 Å². The molecule has 0 aliphatic heterocycles. The third kappa shape index (κ3) is 3.34. The van der Waals surface area contributed by atoms with Crippen LogP contribution in [0.15, 0.2) is 18.2 Å². The molecule has 1 aromatic carbocycles. The zero-order valence-electron chi connectivity index (χ0n) is 11.6. The van der Waals surface area contributed by atoms with Crippen molar-refractivity contribution in [1.82, 2.24) is 5.32 Å². The fraction of sp³-hybridized carbons (Fsp3) is 0.467. The van der Waals surface area contributed by atoms with Gasteiger partial charge in [-0.25, -0.2) is 0 Å². The van der Waals surface area contributed by atoms with Crippen LogP contribution in [0.25, 0.3) is 0 Å². The fourth-order valence-corrected chi connectivity index (χ4v) is 2.07. The van der Waals surface area contributed by atoms with E-state index < -0.39 is 0 Å². The Balaban J connectivity index is 1.84. The van der Waals surface area contributed by atoms with Crippen molar-refractivity contribution >= 4 is 17.5 Å². The minimum atomic E-state index is -0.185. The summed E-state index contributed by atoms with van der Waals surface area (Å²) in [6.45, 7) is 6.05. The number of amides is 2. The average Bonchev–Trinajstić information content (AvgIpc) is 3.09. The summed E-state index contributed by atoms with van der Waals surface area (Å²) in [6, 6.07) is 5.77. The van der Waals surface area contributed by atoms with E-state index in [4.69, 9.17) is 0 Å². The first-order valence-electron chi connectivity index (χ1n) is 6.63. The van der Waals surface area contributed by atoms with Crippen LogP contribution in [0.2, 0.25) is 0 Å². The largest absolute Gasteiger partial charge is 0.347 e. The maximum Gasteiger partial charge on any atom is 0.243 e. The number of carbonyl (C=O) groups is 2. The van der Waals surface area contributed by atoms with Crippen LogP contribution < -0.4 is 10.6 Å². The molecule has 1 saturated carbocycles. The molecule has 0 spiro atoms. The average molecular weight is 260 g/mol. The molecule has 0 radical (unpaired) electrons. The second kappa shape index (κ2) is 5.43. The van der Waals surface area contributed by atoms with Gasteiger partial charge < -0.3 is 10.6 Å². The molecule has 1 fully saturated rings. The van der Waals surface area contributed by atoms with Crippen molar-refractivity contribution in [2.24, 2.45) is 11.8 Å². The maximum atomic E-state index is 11.8. The van der Waals surface area contributed by atoms with E-state index in [0.717, 1.165) is 23.2 Å². The number of hydrogen-bond acceptors (Lipinski definition) is 2. The quantitative estimate of drug-likeness (QED) is 0.870. The van der Waals surface area contributed by atoms with E-state index in [9.17, 15) is 9.59 Å². The van der Waals surface area contributed by atoms with E-state index >= 15 is 0 Å². The molecule has 2 N–H and O–H groups in total. The van der Waals surface area contributed by atoms with Gasteiger partial charge in [0.1, 0.15) is 0 Å². The summed E-state index contributed by atoms with van der Waals surface area (Å²) in [7, 11) is 0. The number of anilines is 1. The van der Waals surface area contributed by atoms with Gasteiger partial charge in [-0.05, 0) is 43.4 Å². The highest BCUT2D eigenvalue weighted by atomic mass is 16.2. The lowest BCUT2D eigenvalue weighted by Gasteiger charge is -2.10. The second-order valence-corrected chi connectivity index (χ2v) is 5.33. The minimum Gasteiger partial charge on any atom is -0.347 e. The molecule has 0 bridgehead atoms. The van der Waals surface area contributed by atoms with Crippen LogP contribution in [0.4, 0.5) is 5.69 Å². The number of hydrogen-bond donors (Lipinski definition) is 2. The zero-order valence-corrected chi connectivity index (χ0v) is 11.6. The smallest absolute Gasteiger partial charge is 0.243 e. The summed E-state index contributed by atoms with van der Waals surface area (Å²) in [5, 5.41) is 5.50. The van der Waals surface area contributed by atoms with Crippen molar-refractivity contribution < 1.29 is 9.59 Å². The molecule has 2 atom stereocenters. The summed E-state index contributed by atoms with van der Waals surface area (Å²) in [5.41, 5.74) is 2.99. The normalized spacial score (nSPS) is 20.8. The van der Waals surface area contributed by atoms with E-state index in [2.05, 4.69) is 10.6 Å². The standard InChI is InChI=1S/C15H20N2O2/c1-9-5-4-6-13(11(9)3)17-14(18)8-16-15(19)12-7-10(12)2/h4-6,10,12H,7-8H2,1-3H3,(H,16,19)(H,17,18). The monoisotopic (exact) mass is 260 g/mol. The van der Waals surface area contributed by atoms with E-state index in [1.54, 1.807) is 0 Å². The SMILES string of the molecule is Cc1cccc(NC(=O)CNC(=O)C2CC2C)c1C. The summed E-state index contributed by atoms with van der Waals surface area (Å²) < 4.78 is 0. The molecule has 0 saturated heterocycles. The van der Waals surface area contributed by atoms with Crippen LogP contribution in [0.5, 0.6) is 0 Å².